The molecule has 0 aromatic heterocycles. The van der Waals surface area contributed by atoms with Gasteiger partial charge < -0.3 is 68.5 Å². The van der Waals surface area contributed by atoms with E-state index in [4.69, 9.17) is 19.6 Å². The van der Waals surface area contributed by atoms with E-state index < -0.39 is 99.2 Å². The van der Waals surface area contributed by atoms with Crippen molar-refractivity contribution in [3.05, 3.63) is 0 Å². The summed E-state index contributed by atoms with van der Waals surface area (Å²) in [4.78, 5) is 129. The van der Waals surface area contributed by atoms with Crippen molar-refractivity contribution in [2.45, 2.75) is 36.6 Å². The SMILES string of the molecule is O=P(O)(O)O[C@H]1[C@H](OP(=O)(O)O)[C@H](OP(=O)(O)O)[C@H](OP(=O)(O)OP(=O)(O)O)[C@@H](OP(=O)(O)OP(=O)(O)O)[C@@H]1OP(=O)(O)O. The second-order valence-electron chi connectivity index (χ2n) is 7.46. The van der Waals surface area contributed by atoms with Gasteiger partial charge in [-0.05, 0) is 0 Å². The van der Waals surface area contributed by atoms with Crippen LogP contribution in [0.3, 0.4) is 0 Å². The van der Waals surface area contributed by atoms with Crippen molar-refractivity contribution in [2.24, 2.45) is 0 Å². The molecule has 264 valence electrons. The minimum Gasteiger partial charge on any atom is -0.303 e. The van der Waals surface area contributed by atoms with Crippen LogP contribution in [0.1, 0.15) is 0 Å². The third-order valence-electron chi connectivity index (χ3n) is 3.91. The summed E-state index contributed by atoms with van der Waals surface area (Å²) in [5, 5.41) is 0. The Balaban J connectivity index is 4.25. The molecule has 14 N–H and O–H groups in total. The maximum atomic E-state index is 12.3. The molecule has 0 radical (unpaired) electrons. The van der Waals surface area contributed by atoms with Gasteiger partial charge in [-0.25, -0.2) is 36.5 Å². The van der Waals surface area contributed by atoms with E-state index >= 15 is 0 Å². The summed E-state index contributed by atoms with van der Waals surface area (Å²) in [5.74, 6) is 0. The van der Waals surface area contributed by atoms with E-state index in [-0.39, 0.29) is 0 Å². The molecule has 0 heterocycles. The molecule has 38 heteroatoms. The molecular weight excluding hydrogens is 800 g/mol. The van der Waals surface area contributed by atoms with Crippen LogP contribution >= 0.6 is 62.6 Å². The average molecular weight is 820 g/mol. The summed E-state index contributed by atoms with van der Waals surface area (Å²) in [6.07, 6.45) is -21.0. The van der Waals surface area contributed by atoms with Crippen molar-refractivity contribution in [3.63, 3.8) is 0 Å². The molecule has 0 bridgehead atoms. The van der Waals surface area contributed by atoms with Gasteiger partial charge in [-0.15, -0.1) is 0 Å². The zero-order chi connectivity index (χ0) is 35.1. The molecule has 1 rings (SSSR count). The third kappa shape index (κ3) is 16.9. The van der Waals surface area contributed by atoms with Gasteiger partial charge in [-0.1, -0.05) is 0 Å². The zero-order valence-corrected chi connectivity index (χ0v) is 27.0. The lowest BCUT2D eigenvalue weighted by molar-refractivity contribution is -0.201. The van der Waals surface area contributed by atoms with Gasteiger partial charge in [-0.3, -0.25) is 27.1 Å². The molecular formula is C6H20O30P8. The largest absolute Gasteiger partial charge is 0.481 e. The molecule has 1 fully saturated rings. The van der Waals surface area contributed by atoms with Crippen molar-refractivity contribution in [1.82, 2.24) is 0 Å². The predicted molar refractivity (Wildman–Crippen MR) is 123 cm³/mol. The first-order valence-electron chi connectivity index (χ1n) is 9.50. The molecule has 30 nitrogen and oxygen atoms in total. The van der Waals surface area contributed by atoms with E-state index in [2.05, 4.69) is 35.8 Å². The lowest BCUT2D eigenvalue weighted by atomic mass is 9.85. The number of hydrogen-bond donors (Lipinski definition) is 14. The van der Waals surface area contributed by atoms with Crippen molar-refractivity contribution < 1.29 is 141 Å². The molecule has 1 saturated carbocycles. The summed E-state index contributed by atoms with van der Waals surface area (Å²) in [6, 6.07) is 0. The van der Waals surface area contributed by atoms with Crippen LogP contribution in [0.4, 0.5) is 0 Å². The highest BCUT2D eigenvalue weighted by Gasteiger charge is 2.63. The number of rotatable bonds is 16. The smallest absolute Gasteiger partial charge is 0.303 e. The fraction of sp³-hybridized carbons (Fsp3) is 1.00. The summed E-state index contributed by atoms with van der Waals surface area (Å²) in [7, 11) is -50.6. The second kappa shape index (κ2) is 14.4. The molecule has 0 amide bonds. The Labute approximate surface area is 240 Å². The maximum Gasteiger partial charge on any atom is 0.481 e. The Morgan fingerprint density at radius 3 is 0.568 bits per heavy atom. The van der Waals surface area contributed by atoms with Gasteiger partial charge in [0.1, 0.15) is 36.6 Å². The highest BCUT2D eigenvalue weighted by molar-refractivity contribution is 7.61. The maximum absolute atomic E-state index is 12.3. The molecule has 0 aliphatic heterocycles. The first kappa shape index (κ1) is 43.0. The number of phosphoric ester groups is 6. The van der Waals surface area contributed by atoms with Gasteiger partial charge in [0.15, 0.2) is 0 Å². The quantitative estimate of drug-likeness (QED) is 0.0694. The fourth-order valence-corrected chi connectivity index (χ4v) is 8.87. The Morgan fingerprint density at radius 2 is 0.432 bits per heavy atom. The van der Waals surface area contributed by atoms with Crippen LogP contribution < -0.4 is 0 Å². The molecule has 8 atom stereocenters. The van der Waals surface area contributed by atoms with Gasteiger partial charge in [-0.2, -0.15) is 8.62 Å². The van der Waals surface area contributed by atoms with Crippen LogP contribution in [0.15, 0.2) is 0 Å². The lowest BCUT2D eigenvalue weighted by Gasteiger charge is -2.48. The van der Waals surface area contributed by atoms with Crippen LogP contribution in [0.2, 0.25) is 0 Å². The second-order valence-corrected chi connectivity index (χ2v) is 17.8. The van der Waals surface area contributed by atoms with Crippen LogP contribution in [0.5, 0.6) is 0 Å². The standard InChI is InChI=1S/C6H20O30P8/c7-37(8,9)29-1-2(30-38(10,11)12)4(32-40(16,17)18)6(34-44(27,28)36-42(22,23)24)5(3(1)31-39(13,14)15)33-43(25,26)35-41(19,20)21/h1-6H,(H,25,26)(H,27,28)(H2,7,8,9)(H2,10,11,12)(H2,13,14,15)(H2,16,17,18)(H2,19,20,21)(H2,22,23,24)/t1-,2-,3-,4+,5-,6-/m0/s1. The van der Waals surface area contributed by atoms with Gasteiger partial charge in [0.2, 0.25) is 0 Å². The van der Waals surface area contributed by atoms with Crippen molar-refractivity contribution in [2.75, 3.05) is 0 Å². The zero-order valence-electron chi connectivity index (χ0n) is 19.8. The van der Waals surface area contributed by atoms with Gasteiger partial charge in [0.05, 0.1) is 0 Å². The monoisotopic (exact) mass is 820 g/mol. The molecule has 0 saturated heterocycles. The summed E-state index contributed by atoms with van der Waals surface area (Å²) in [5.41, 5.74) is 0. The third-order valence-corrected chi connectivity index (χ3v) is 10.4. The fourth-order valence-electron chi connectivity index (χ4n) is 3.09. The minimum atomic E-state index is -6.58. The van der Waals surface area contributed by atoms with E-state index in [9.17, 15) is 85.5 Å². The minimum absolute atomic E-state index is 3.36. The van der Waals surface area contributed by atoms with Crippen LogP contribution in [0, 0.1) is 0 Å². The summed E-state index contributed by atoms with van der Waals surface area (Å²) < 4.78 is 125. The first-order chi connectivity index (χ1) is 19.0. The highest BCUT2D eigenvalue weighted by atomic mass is 31.3. The Bertz CT molecular complexity index is 1290. The molecule has 0 aromatic carbocycles. The number of phosphoric acid groups is 8. The Morgan fingerprint density at radius 1 is 0.273 bits per heavy atom. The molecule has 0 aromatic rings. The first-order valence-corrected chi connectivity index (χ1v) is 21.7. The van der Waals surface area contributed by atoms with Crippen LogP contribution in [-0.4, -0.2) is 105 Å². The van der Waals surface area contributed by atoms with Crippen molar-refractivity contribution in [3.8, 4) is 0 Å². The number of hydrogen-bond acceptors (Lipinski definition) is 16. The van der Waals surface area contributed by atoms with E-state index in [1.54, 1.807) is 0 Å². The summed E-state index contributed by atoms with van der Waals surface area (Å²) >= 11 is 0. The molecule has 1 aliphatic carbocycles. The van der Waals surface area contributed by atoms with E-state index in [0.29, 0.717) is 0 Å². The van der Waals surface area contributed by atoms with Gasteiger partial charge >= 0.3 is 62.6 Å². The molecule has 1 aliphatic rings. The normalized spacial score (nSPS) is 29.1. The Kier molecular flexibility index (Phi) is 14.1. The summed E-state index contributed by atoms with van der Waals surface area (Å²) in [6.45, 7) is 0. The van der Waals surface area contributed by atoms with Crippen LogP contribution in [-0.2, 0) is 72.3 Å². The van der Waals surface area contributed by atoms with E-state index in [1.807, 2.05) is 0 Å². The topological polar surface area (TPSA) is 494 Å². The van der Waals surface area contributed by atoms with E-state index in [1.165, 1.54) is 0 Å². The molecule has 0 spiro atoms. The molecule has 2 unspecified atom stereocenters. The van der Waals surface area contributed by atoms with Crippen LogP contribution in [0.25, 0.3) is 0 Å². The van der Waals surface area contributed by atoms with Gasteiger partial charge in [0.25, 0.3) is 0 Å². The Hall–Kier alpha value is 0.960. The molecule has 44 heavy (non-hydrogen) atoms. The van der Waals surface area contributed by atoms with Crippen molar-refractivity contribution in [1.29, 1.82) is 0 Å². The average Bonchev–Trinajstić information content (AvgIpc) is 2.62. The van der Waals surface area contributed by atoms with E-state index in [0.717, 1.165) is 0 Å². The van der Waals surface area contributed by atoms with Gasteiger partial charge in [0, 0.05) is 0 Å². The van der Waals surface area contributed by atoms with Crippen molar-refractivity contribution >= 4 is 62.6 Å². The highest BCUT2D eigenvalue weighted by Crippen LogP contribution is 2.64. The lowest BCUT2D eigenvalue weighted by Crippen LogP contribution is -2.66. The predicted octanol–water partition coefficient (Wildman–Crippen LogP) is -2.90.